The highest BCUT2D eigenvalue weighted by molar-refractivity contribution is 5.80. The SMILES string of the molecule is Cc1nccn1-c1ccc(N2CCCC(C(=O)NC3CC3)C2)nn1. The van der Waals surface area contributed by atoms with Crippen molar-refractivity contribution in [2.24, 2.45) is 5.92 Å². The lowest BCUT2D eigenvalue weighted by Gasteiger charge is -2.32. The average molecular weight is 326 g/mol. The van der Waals surface area contributed by atoms with Gasteiger partial charge in [-0.05, 0) is 44.7 Å². The first kappa shape index (κ1) is 15.1. The van der Waals surface area contributed by atoms with Gasteiger partial charge in [-0.3, -0.25) is 9.36 Å². The molecule has 4 rings (SSSR count). The summed E-state index contributed by atoms with van der Waals surface area (Å²) in [5, 5.41) is 11.8. The molecule has 1 aliphatic carbocycles. The van der Waals surface area contributed by atoms with Crippen LogP contribution in [0.25, 0.3) is 5.82 Å². The number of hydrogen-bond donors (Lipinski definition) is 1. The molecule has 1 unspecified atom stereocenters. The molecule has 24 heavy (non-hydrogen) atoms. The second-order valence-corrected chi connectivity index (χ2v) is 6.66. The second-order valence-electron chi connectivity index (χ2n) is 6.66. The minimum atomic E-state index is 0.0525. The van der Waals surface area contributed by atoms with Gasteiger partial charge in [-0.15, -0.1) is 10.2 Å². The molecule has 126 valence electrons. The number of aryl methyl sites for hydroxylation is 1. The number of nitrogens with zero attached hydrogens (tertiary/aromatic N) is 5. The third kappa shape index (κ3) is 3.11. The number of carbonyl (C=O) groups excluding carboxylic acids is 1. The van der Waals surface area contributed by atoms with E-state index in [0.717, 1.165) is 56.2 Å². The molecular weight excluding hydrogens is 304 g/mol. The largest absolute Gasteiger partial charge is 0.354 e. The molecule has 1 saturated heterocycles. The van der Waals surface area contributed by atoms with Gasteiger partial charge in [0.1, 0.15) is 5.82 Å². The zero-order valence-corrected chi connectivity index (χ0v) is 13.9. The molecule has 0 aromatic carbocycles. The van der Waals surface area contributed by atoms with Crippen molar-refractivity contribution in [3.8, 4) is 5.82 Å². The van der Waals surface area contributed by atoms with E-state index in [1.807, 2.05) is 29.8 Å². The number of anilines is 1. The topological polar surface area (TPSA) is 75.9 Å². The van der Waals surface area contributed by atoms with Gasteiger partial charge in [0.05, 0.1) is 5.92 Å². The van der Waals surface area contributed by atoms with Crippen molar-refractivity contribution in [2.75, 3.05) is 18.0 Å². The fraction of sp³-hybridized carbons (Fsp3) is 0.529. The van der Waals surface area contributed by atoms with Crippen molar-refractivity contribution in [1.29, 1.82) is 0 Å². The Bertz CT molecular complexity index is 721. The van der Waals surface area contributed by atoms with E-state index in [2.05, 4.69) is 25.4 Å². The van der Waals surface area contributed by atoms with Crippen molar-refractivity contribution >= 4 is 11.7 Å². The predicted octanol–water partition coefficient (Wildman–Crippen LogP) is 1.47. The summed E-state index contributed by atoms with van der Waals surface area (Å²) in [6, 6.07) is 4.35. The van der Waals surface area contributed by atoms with E-state index in [0.29, 0.717) is 6.04 Å². The number of hydrogen-bond acceptors (Lipinski definition) is 5. The molecule has 2 fully saturated rings. The molecule has 0 radical (unpaired) electrons. The first-order chi connectivity index (χ1) is 11.7. The summed E-state index contributed by atoms with van der Waals surface area (Å²) in [7, 11) is 0. The van der Waals surface area contributed by atoms with Gasteiger partial charge in [0.2, 0.25) is 5.91 Å². The number of carbonyl (C=O) groups is 1. The van der Waals surface area contributed by atoms with Crippen LogP contribution in [0.2, 0.25) is 0 Å². The van der Waals surface area contributed by atoms with Gasteiger partial charge in [0.25, 0.3) is 0 Å². The van der Waals surface area contributed by atoms with Crippen molar-refractivity contribution in [3.63, 3.8) is 0 Å². The van der Waals surface area contributed by atoms with Crippen LogP contribution in [-0.2, 0) is 4.79 Å². The lowest BCUT2D eigenvalue weighted by atomic mass is 9.97. The summed E-state index contributed by atoms with van der Waals surface area (Å²) < 4.78 is 1.90. The number of nitrogens with one attached hydrogen (secondary N) is 1. The lowest BCUT2D eigenvalue weighted by molar-refractivity contribution is -0.125. The maximum atomic E-state index is 12.3. The molecule has 7 nitrogen and oxygen atoms in total. The van der Waals surface area contributed by atoms with Gasteiger partial charge in [0, 0.05) is 31.5 Å². The number of imidazole rings is 1. The highest BCUT2D eigenvalue weighted by atomic mass is 16.2. The molecular formula is C17H22N6O. The van der Waals surface area contributed by atoms with E-state index >= 15 is 0 Å². The molecule has 3 heterocycles. The van der Waals surface area contributed by atoms with E-state index in [4.69, 9.17) is 0 Å². The van der Waals surface area contributed by atoms with Crippen LogP contribution in [0.4, 0.5) is 5.82 Å². The van der Waals surface area contributed by atoms with Crippen LogP contribution in [0.1, 0.15) is 31.5 Å². The van der Waals surface area contributed by atoms with Crippen LogP contribution in [0.5, 0.6) is 0 Å². The summed E-state index contributed by atoms with van der Waals surface area (Å²) in [5.41, 5.74) is 0. The molecule has 7 heteroatoms. The Balaban J connectivity index is 1.44. The summed E-state index contributed by atoms with van der Waals surface area (Å²) in [6.07, 6.45) is 7.84. The van der Waals surface area contributed by atoms with Crippen molar-refractivity contribution in [2.45, 2.75) is 38.6 Å². The van der Waals surface area contributed by atoms with E-state index in [1.165, 1.54) is 0 Å². The van der Waals surface area contributed by atoms with Gasteiger partial charge in [-0.1, -0.05) is 0 Å². The number of piperidine rings is 1. The smallest absolute Gasteiger partial charge is 0.225 e. The number of rotatable bonds is 4. The van der Waals surface area contributed by atoms with Crippen LogP contribution < -0.4 is 10.2 Å². The van der Waals surface area contributed by atoms with Crippen LogP contribution in [0.3, 0.4) is 0 Å². The maximum Gasteiger partial charge on any atom is 0.225 e. The molecule has 1 amide bonds. The third-order valence-corrected chi connectivity index (χ3v) is 4.75. The van der Waals surface area contributed by atoms with Crippen LogP contribution >= 0.6 is 0 Å². The lowest BCUT2D eigenvalue weighted by Crippen LogP contribution is -2.44. The Morgan fingerprint density at radius 3 is 2.67 bits per heavy atom. The van der Waals surface area contributed by atoms with Crippen molar-refractivity contribution < 1.29 is 4.79 Å². The Kier molecular flexibility index (Phi) is 3.92. The molecule has 1 saturated carbocycles. The normalized spacial score (nSPS) is 20.9. The highest BCUT2D eigenvalue weighted by Crippen LogP contribution is 2.24. The molecule has 1 aliphatic heterocycles. The fourth-order valence-electron chi connectivity index (χ4n) is 3.18. The second kappa shape index (κ2) is 6.22. The Morgan fingerprint density at radius 2 is 2.00 bits per heavy atom. The minimum absolute atomic E-state index is 0.0525. The van der Waals surface area contributed by atoms with E-state index in [-0.39, 0.29) is 11.8 Å². The zero-order chi connectivity index (χ0) is 16.5. The van der Waals surface area contributed by atoms with Crippen LogP contribution in [-0.4, -0.2) is 44.8 Å². The van der Waals surface area contributed by atoms with Gasteiger partial charge in [-0.2, -0.15) is 0 Å². The van der Waals surface area contributed by atoms with Crippen molar-refractivity contribution in [1.82, 2.24) is 25.1 Å². The fourth-order valence-corrected chi connectivity index (χ4v) is 3.18. The standard InChI is InChI=1S/C17H22N6O/c1-12-18-8-10-23(12)16-7-6-15(20-21-16)22-9-2-3-13(11-22)17(24)19-14-4-5-14/h6-8,10,13-14H,2-5,9,11H2,1H3,(H,19,24). The summed E-state index contributed by atoms with van der Waals surface area (Å²) >= 11 is 0. The zero-order valence-electron chi connectivity index (χ0n) is 13.9. The van der Waals surface area contributed by atoms with Crippen LogP contribution in [0, 0.1) is 12.8 Å². The summed E-state index contributed by atoms with van der Waals surface area (Å²) in [5.74, 6) is 2.72. The minimum Gasteiger partial charge on any atom is -0.354 e. The first-order valence-electron chi connectivity index (χ1n) is 8.60. The molecule has 1 N–H and O–H groups in total. The number of amides is 1. The van der Waals surface area contributed by atoms with Gasteiger partial charge < -0.3 is 10.2 Å². The molecule has 2 aromatic heterocycles. The van der Waals surface area contributed by atoms with Gasteiger partial charge >= 0.3 is 0 Å². The number of aromatic nitrogens is 4. The highest BCUT2D eigenvalue weighted by Gasteiger charge is 2.30. The molecule has 2 aromatic rings. The van der Waals surface area contributed by atoms with Crippen molar-refractivity contribution in [3.05, 3.63) is 30.4 Å². The van der Waals surface area contributed by atoms with Gasteiger partial charge in [0.15, 0.2) is 11.6 Å². The quantitative estimate of drug-likeness (QED) is 0.921. The average Bonchev–Trinajstić information content (AvgIpc) is 3.33. The monoisotopic (exact) mass is 326 g/mol. The maximum absolute atomic E-state index is 12.3. The Hall–Kier alpha value is -2.44. The predicted molar refractivity (Wildman–Crippen MR) is 90.0 cm³/mol. The molecule has 0 spiro atoms. The van der Waals surface area contributed by atoms with E-state index in [1.54, 1.807) is 6.20 Å². The Labute approximate surface area is 141 Å². The first-order valence-corrected chi connectivity index (χ1v) is 8.60. The molecule has 2 aliphatic rings. The molecule has 0 bridgehead atoms. The van der Waals surface area contributed by atoms with Crippen LogP contribution in [0.15, 0.2) is 24.5 Å². The Morgan fingerprint density at radius 1 is 1.21 bits per heavy atom. The third-order valence-electron chi connectivity index (χ3n) is 4.75. The van der Waals surface area contributed by atoms with Gasteiger partial charge in [-0.25, -0.2) is 4.98 Å². The summed E-state index contributed by atoms with van der Waals surface area (Å²) in [6.45, 7) is 3.57. The van der Waals surface area contributed by atoms with E-state index in [9.17, 15) is 4.79 Å². The molecule has 1 atom stereocenters. The van der Waals surface area contributed by atoms with E-state index < -0.39 is 0 Å². The summed E-state index contributed by atoms with van der Waals surface area (Å²) in [4.78, 5) is 18.7.